The van der Waals surface area contributed by atoms with Crippen LogP contribution >= 0.6 is 0 Å². The fourth-order valence-electron chi connectivity index (χ4n) is 1.57. The van der Waals surface area contributed by atoms with Gasteiger partial charge in [-0.2, -0.15) is 0 Å². The zero-order valence-corrected chi connectivity index (χ0v) is 11.9. The second-order valence-electron chi connectivity index (χ2n) is 4.31. The van der Waals surface area contributed by atoms with Crippen LogP contribution in [0.3, 0.4) is 0 Å². The van der Waals surface area contributed by atoms with Gasteiger partial charge in [0.1, 0.15) is 6.04 Å². The number of carbonyl (C=O) groups excluding carboxylic acids is 2. The highest BCUT2D eigenvalue weighted by atomic mass is 16.5. The molecule has 7 heteroatoms. The molecule has 0 aromatic heterocycles. The second-order valence-corrected chi connectivity index (χ2v) is 4.31. The van der Waals surface area contributed by atoms with Gasteiger partial charge in [0.05, 0.1) is 12.2 Å². The maximum atomic E-state index is 11.6. The number of esters is 1. The number of carboxylic acids is 1. The van der Waals surface area contributed by atoms with Gasteiger partial charge in [-0.15, -0.1) is 0 Å². The Bertz CT molecular complexity index is 530. The summed E-state index contributed by atoms with van der Waals surface area (Å²) in [6.45, 7) is 3.60. The van der Waals surface area contributed by atoms with E-state index >= 15 is 0 Å². The van der Waals surface area contributed by atoms with Crippen LogP contribution in [0.4, 0.5) is 4.79 Å². The van der Waals surface area contributed by atoms with Gasteiger partial charge < -0.3 is 20.5 Å². The van der Waals surface area contributed by atoms with E-state index in [2.05, 4.69) is 10.6 Å². The van der Waals surface area contributed by atoms with E-state index in [1.165, 1.54) is 19.1 Å². The maximum Gasteiger partial charge on any atom is 0.335 e. The van der Waals surface area contributed by atoms with Gasteiger partial charge >= 0.3 is 18.0 Å². The van der Waals surface area contributed by atoms with Crippen LogP contribution in [0.5, 0.6) is 0 Å². The van der Waals surface area contributed by atoms with E-state index in [0.717, 1.165) is 0 Å². The van der Waals surface area contributed by atoms with Crippen LogP contribution in [0.25, 0.3) is 0 Å². The number of urea groups is 1. The van der Waals surface area contributed by atoms with Crippen molar-refractivity contribution in [3.63, 3.8) is 0 Å². The van der Waals surface area contributed by atoms with Crippen LogP contribution in [0.15, 0.2) is 24.3 Å². The molecule has 0 aliphatic rings. The third kappa shape index (κ3) is 5.52. The SMILES string of the molecule is CCOC(=O)C(C)NC(=O)NCc1cccc(C(=O)O)c1. The lowest BCUT2D eigenvalue weighted by molar-refractivity contribution is -0.144. The first-order valence-electron chi connectivity index (χ1n) is 6.47. The third-order valence-electron chi connectivity index (χ3n) is 2.61. The number of nitrogens with one attached hydrogen (secondary N) is 2. The quantitative estimate of drug-likeness (QED) is 0.682. The van der Waals surface area contributed by atoms with E-state index in [-0.39, 0.29) is 18.7 Å². The minimum absolute atomic E-state index is 0.148. The molecule has 3 N–H and O–H groups in total. The van der Waals surface area contributed by atoms with Gasteiger partial charge in [0, 0.05) is 6.54 Å². The highest BCUT2D eigenvalue weighted by Crippen LogP contribution is 2.05. The first-order valence-corrected chi connectivity index (χ1v) is 6.47. The van der Waals surface area contributed by atoms with E-state index in [9.17, 15) is 14.4 Å². The maximum absolute atomic E-state index is 11.6. The highest BCUT2D eigenvalue weighted by Gasteiger charge is 2.16. The number of ether oxygens (including phenoxy) is 1. The molecular weight excluding hydrogens is 276 g/mol. The molecule has 0 heterocycles. The fourth-order valence-corrected chi connectivity index (χ4v) is 1.57. The van der Waals surface area contributed by atoms with E-state index < -0.39 is 24.0 Å². The molecule has 0 radical (unpaired) electrons. The first kappa shape index (κ1) is 16.5. The lowest BCUT2D eigenvalue weighted by atomic mass is 10.1. The van der Waals surface area contributed by atoms with Gasteiger partial charge in [0.2, 0.25) is 0 Å². The number of amides is 2. The second kappa shape index (κ2) is 7.88. The first-order chi connectivity index (χ1) is 9.93. The molecule has 2 amide bonds. The molecule has 1 unspecified atom stereocenters. The predicted octanol–water partition coefficient (Wildman–Crippen LogP) is 1.14. The summed E-state index contributed by atoms with van der Waals surface area (Å²) in [4.78, 5) is 33.8. The van der Waals surface area contributed by atoms with Crippen molar-refractivity contribution in [2.24, 2.45) is 0 Å². The summed E-state index contributed by atoms with van der Waals surface area (Å²) in [6, 6.07) is 4.94. The molecule has 0 spiro atoms. The predicted molar refractivity (Wildman–Crippen MR) is 74.9 cm³/mol. The largest absolute Gasteiger partial charge is 0.478 e. The van der Waals surface area contributed by atoms with Crippen LogP contribution in [-0.2, 0) is 16.1 Å². The molecule has 21 heavy (non-hydrogen) atoms. The molecule has 7 nitrogen and oxygen atoms in total. The molecule has 1 rings (SSSR count). The number of carbonyl (C=O) groups is 3. The van der Waals surface area contributed by atoms with E-state index in [1.54, 1.807) is 19.1 Å². The highest BCUT2D eigenvalue weighted by molar-refractivity contribution is 5.87. The van der Waals surface area contributed by atoms with Gasteiger partial charge in [-0.05, 0) is 31.5 Å². The summed E-state index contributed by atoms with van der Waals surface area (Å²) in [5, 5.41) is 13.8. The van der Waals surface area contributed by atoms with Gasteiger partial charge in [0.15, 0.2) is 0 Å². The van der Waals surface area contributed by atoms with Crippen molar-refractivity contribution < 1.29 is 24.2 Å². The monoisotopic (exact) mass is 294 g/mol. The smallest absolute Gasteiger partial charge is 0.335 e. The Morgan fingerprint density at radius 3 is 2.67 bits per heavy atom. The molecule has 0 fully saturated rings. The number of aromatic carboxylic acids is 1. The number of hydrogen-bond acceptors (Lipinski definition) is 4. The molecule has 0 saturated carbocycles. The average Bonchev–Trinajstić information content (AvgIpc) is 2.45. The number of hydrogen-bond donors (Lipinski definition) is 3. The lowest BCUT2D eigenvalue weighted by Gasteiger charge is -2.13. The Balaban J connectivity index is 2.48. The van der Waals surface area contributed by atoms with E-state index in [4.69, 9.17) is 9.84 Å². The molecule has 1 aromatic carbocycles. The summed E-state index contributed by atoms with van der Waals surface area (Å²) in [5.74, 6) is -1.54. The summed E-state index contributed by atoms with van der Waals surface area (Å²) in [6.07, 6.45) is 0. The number of benzene rings is 1. The minimum atomic E-state index is -1.03. The van der Waals surface area contributed by atoms with Crippen molar-refractivity contribution in [3.05, 3.63) is 35.4 Å². The molecule has 114 valence electrons. The van der Waals surface area contributed by atoms with E-state index in [0.29, 0.717) is 5.56 Å². The molecule has 1 aromatic rings. The van der Waals surface area contributed by atoms with Crippen LogP contribution in [0.1, 0.15) is 29.8 Å². The summed E-state index contributed by atoms with van der Waals surface area (Å²) >= 11 is 0. The van der Waals surface area contributed by atoms with Crippen molar-refractivity contribution in [2.75, 3.05) is 6.61 Å². The average molecular weight is 294 g/mol. The van der Waals surface area contributed by atoms with Crippen LogP contribution < -0.4 is 10.6 Å². The van der Waals surface area contributed by atoms with Gasteiger partial charge in [-0.3, -0.25) is 0 Å². The van der Waals surface area contributed by atoms with Gasteiger partial charge in [-0.25, -0.2) is 14.4 Å². The van der Waals surface area contributed by atoms with Crippen molar-refractivity contribution in [3.8, 4) is 0 Å². The Morgan fingerprint density at radius 1 is 1.33 bits per heavy atom. The van der Waals surface area contributed by atoms with Crippen LogP contribution in [0.2, 0.25) is 0 Å². The Hall–Kier alpha value is -2.57. The molecule has 1 atom stereocenters. The van der Waals surface area contributed by atoms with Gasteiger partial charge in [0.25, 0.3) is 0 Å². The topological polar surface area (TPSA) is 105 Å². The fraction of sp³-hybridized carbons (Fsp3) is 0.357. The Kier molecular flexibility index (Phi) is 6.19. The van der Waals surface area contributed by atoms with Gasteiger partial charge in [-0.1, -0.05) is 12.1 Å². The summed E-state index contributed by atoms with van der Waals surface area (Å²) in [7, 11) is 0. The minimum Gasteiger partial charge on any atom is -0.478 e. The summed E-state index contributed by atoms with van der Waals surface area (Å²) in [5.41, 5.74) is 0.795. The Labute approximate surface area is 122 Å². The van der Waals surface area contributed by atoms with Crippen molar-refractivity contribution in [1.29, 1.82) is 0 Å². The van der Waals surface area contributed by atoms with E-state index in [1.807, 2.05) is 0 Å². The molecule has 0 aliphatic carbocycles. The van der Waals surface area contributed by atoms with Crippen LogP contribution in [-0.4, -0.2) is 35.7 Å². The number of carboxylic acid groups (broad SMARTS) is 1. The van der Waals surface area contributed by atoms with Crippen molar-refractivity contribution in [2.45, 2.75) is 26.4 Å². The molecular formula is C14H18N2O5. The van der Waals surface area contributed by atoms with Crippen LogP contribution in [0, 0.1) is 0 Å². The summed E-state index contributed by atoms with van der Waals surface area (Å²) < 4.78 is 4.76. The standard InChI is InChI=1S/C14H18N2O5/c1-3-21-13(19)9(2)16-14(20)15-8-10-5-4-6-11(7-10)12(17)18/h4-7,9H,3,8H2,1-2H3,(H,17,18)(H2,15,16,20). The zero-order chi connectivity index (χ0) is 15.8. The molecule has 0 bridgehead atoms. The van der Waals surface area contributed by atoms with Crippen molar-refractivity contribution in [1.82, 2.24) is 10.6 Å². The lowest BCUT2D eigenvalue weighted by Crippen LogP contribution is -2.44. The zero-order valence-electron chi connectivity index (χ0n) is 11.9. The molecule has 0 aliphatic heterocycles. The third-order valence-corrected chi connectivity index (χ3v) is 2.61. The number of rotatable bonds is 6. The molecule has 0 saturated heterocycles. The normalized spacial score (nSPS) is 11.3. The Morgan fingerprint density at radius 2 is 2.05 bits per heavy atom. The van der Waals surface area contributed by atoms with Crippen molar-refractivity contribution >= 4 is 18.0 Å².